The fourth-order valence-electron chi connectivity index (χ4n) is 2.51. The van der Waals surface area contributed by atoms with E-state index in [0.29, 0.717) is 18.0 Å². The van der Waals surface area contributed by atoms with E-state index in [-0.39, 0.29) is 5.91 Å². The molecule has 0 saturated heterocycles. The third-order valence-electron chi connectivity index (χ3n) is 3.79. The number of carbonyl (C=O) groups is 1. The highest BCUT2D eigenvalue weighted by molar-refractivity contribution is 7.99. The molecule has 0 saturated carbocycles. The van der Waals surface area contributed by atoms with E-state index in [9.17, 15) is 13.2 Å². The molecule has 2 aromatic carbocycles. The average molecular weight is 393 g/mol. The van der Waals surface area contributed by atoms with E-state index in [1.54, 1.807) is 30.8 Å². The van der Waals surface area contributed by atoms with Gasteiger partial charge in [-0.2, -0.15) is 0 Å². The van der Waals surface area contributed by atoms with Crippen LogP contribution in [0.15, 0.2) is 59.5 Å². The molecule has 2 aromatic rings. The van der Waals surface area contributed by atoms with Gasteiger partial charge in [0, 0.05) is 17.2 Å². The molecule has 140 valence electrons. The molecule has 1 atom stereocenters. The molecule has 26 heavy (non-hydrogen) atoms. The van der Waals surface area contributed by atoms with E-state index < -0.39 is 16.1 Å². The first-order valence-electron chi connectivity index (χ1n) is 8.30. The summed E-state index contributed by atoms with van der Waals surface area (Å²) in [5.74, 6) is 0.399. The normalized spacial score (nSPS) is 12.4. The highest BCUT2D eigenvalue weighted by Gasteiger charge is 2.28. The second kappa shape index (κ2) is 9.09. The summed E-state index contributed by atoms with van der Waals surface area (Å²) in [4.78, 5) is 13.6. The van der Waals surface area contributed by atoms with Crippen molar-refractivity contribution < 1.29 is 13.2 Å². The van der Waals surface area contributed by atoms with Gasteiger partial charge < -0.3 is 5.32 Å². The minimum atomic E-state index is -3.58. The van der Waals surface area contributed by atoms with Gasteiger partial charge in [0.1, 0.15) is 6.04 Å². The maximum Gasteiger partial charge on any atom is 0.243 e. The van der Waals surface area contributed by atoms with Gasteiger partial charge in [-0.15, -0.1) is 11.8 Å². The molecule has 0 aromatic heterocycles. The van der Waals surface area contributed by atoms with Crippen molar-refractivity contribution in [3.8, 4) is 0 Å². The fraction of sp³-hybridized carbons (Fsp3) is 0.316. The number of hydrogen-bond acceptors (Lipinski definition) is 4. The summed E-state index contributed by atoms with van der Waals surface area (Å²) in [5, 5.41) is 2.82. The summed E-state index contributed by atoms with van der Waals surface area (Å²) < 4.78 is 25.6. The summed E-state index contributed by atoms with van der Waals surface area (Å²) >= 11 is 1.64. The Morgan fingerprint density at radius 3 is 2.31 bits per heavy atom. The van der Waals surface area contributed by atoms with Gasteiger partial charge >= 0.3 is 0 Å². The molecule has 5 nitrogen and oxygen atoms in total. The molecule has 0 bridgehead atoms. The molecule has 2 rings (SSSR count). The number of thioether (sulfide) groups is 1. The van der Waals surface area contributed by atoms with Crippen LogP contribution in [-0.4, -0.2) is 38.9 Å². The molecule has 1 N–H and O–H groups in total. The van der Waals surface area contributed by atoms with Gasteiger partial charge in [0.05, 0.1) is 11.9 Å². The number of amides is 1. The van der Waals surface area contributed by atoms with Crippen molar-refractivity contribution >= 4 is 33.4 Å². The smallest absolute Gasteiger partial charge is 0.243 e. The van der Waals surface area contributed by atoms with Crippen molar-refractivity contribution in [3.63, 3.8) is 0 Å². The van der Waals surface area contributed by atoms with Crippen molar-refractivity contribution in [2.45, 2.75) is 24.8 Å². The van der Waals surface area contributed by atoms with E-state index in [1.165, 1.54) is 0 Å². The quantitative estimate of drug-likeness (QED) is 0.554. The number of benzene rings is 2. The zero-order valence-electron chi connectivity index (χ0n) is 15.2. The van der Waals surface area contributed by atoms with Crippen LogP contribution in [0, 0.1) is 6.92 Å². The largest absolute Gasteiger partial charge is 0.353 e. The van der Waals surface area contributed by atoms with Crippen molar-refractivity contribution in [2.75, 3.05) is 22.9 Å². The zero-order chi connectivity index (χ0) is 19.2. The van der Waals surface area contributed by atoms with Gasteiger partial charge in [-0.3, -0.25) is 9.10 Å². The fourth-order valence-corrected chi connectivity index (χ4v) is 4.47. The molecule has 0 spiro atoms. The number of aryl methyl sites for hydroxylation is 1. The molecule has 0 fully saturated rings. The van der Waals surface area contributed by atoms with Crippen LogP contribution in [0.5, 0.6) is 0 Å². The Morgan fingerprint density at radius 1 is 1.12 bits per heavy atom. The zero-order valence-corrected chi connectivity index (χ0v) is 16.8. The van der Waals surface area contributed by atoms with Crippen LogP contribution >= 0.6 is 11.8 Å². The van der Waals surface area contributed by atoms with Crippen LogP contribution in [-0.2, 0) is 14.8 Å². The second-order valence-electron chi connectivity index (χ2n) is 6.02. The van der Waals surface area contributed by atoms with E-state index in [0.717, 1.165) is 21.0 Å². The summed E-state index contributed by atoms with van der Waals surface area (Å²) in [5.41, 5.74) is 1.51. The van der Waals surface area contributed by atoms with Crippen LogP contribution in [0.2, 0.25) is 0 Å². The summed E-state index contributed by atoms with van der Waals surface area (Å²) in [6.45, 7) is 3.99. The van der Waals surface area contributed by atoms with E-state index >= 15 is 0 Å². The Labute approximate surface area is 159 Å². The minimum Gasteiger partial charge on any atom is -0.353 e. The lowest BCUT2D eigenvalue weighted by Gasteiger charge is -2.28. The predicted molar refractivity (Wildman–Crippen MR) is 108 cm³/mol. The van der Waals surface area contributed by atoms with Gasteiger partial charge in [0.15, 0.2) is 0 Å². The number of rotatable bonds is 8. The van der Waals surface area contributed by atoms with Gasteiger partial charge in [0.25, 0.3) is 0 Å². The van der Waals surface area contributed by atoms with Crippen LogP contribution in [0.25, 0.3) is 0 Å². The van der Waals surface area contributed by atoms with Crippen LogP contribution in [0.3, 0.4) is 0 Å². The van der Waals surface area contributed by atoms with Crippen molar-refractivity contribution in [1.82, 2.24) is 5.32 Å². The molecule has 0 radical (unpaired) electrons. The van der Waals surface area contributed by atoms with Gasteiger partial charge in [-0.1, -0.05) is 35.9 Å². The predicted octanol–water partition coefficient (Wildman–Crippen LogP) is 3.06. The van der Waals surface area contributed by atoms with Gasteiger partial charge in [-0.05, 0) is 38.1 Å². The van der Waals surface area contributed by atoms with Crippen LogP contribution in [0.4, 0.5) is 5.69 Å². The SMILES string of the molecule is Cc1ccc(N([C@H](C)C(=O)NCCSc2ccccc2)S(C)(=O)=O)cc1. The number of carbonyl (C=O) groups excluding carboxylic acids is 1. The Kier molecular flexibility index (Phi) is 7.11. The maximum atomic E-state index is 12.5. The number of nitrogens with one attached hydrogen (secondary N) is 1. The van der Waals surface area contributed by atoms with Gasteiger partial charge in [0.2, 0.25) is 15.9 Å². The van der Waals surface area contributed by atoms with Crippen molar-refractivity contribution in [2.24, 2.45) is 0 Å². The molecule has 0 unspecified atom stereocenters. The highest BCUT2D eigenvalue weighted by atomic mass is 32.2. The maximum absolute atomic E-state index is 12.5. The standard InChI is InChI=1S/C19H24N2O3S2/c1-15-9-11-17(12-10-15)21(26(3,23)24)16(2)19(22)20-13-14-25-18-7-5-4-6-8-18/h4-12,16H,13-14H2,1-3H3,(H,20,22)/t16-/m1/s1. The summed E-state index contributed by atoms with van der Waals surface area (Å²) in [6, 6.07) is 16.2. The Bertz CT molecular complexity index is 822. The Morgan fingerprint density at radius 2 is 1.73 bits per heavy atom. The van der Waals surface area contributed by atoms with E-state index in [1.807, 2.05) is 49.4 Å². The molecule has 1 amide bonds. The lowest BCUT2D eigenvalue weighted by atomic mass is 10.2. The Hall–Kier alpha value is -1.99. The third kappa shape index (κ3) is 5.78. The first kappa shape index (κ1) is 20.3. The molecule has 7 heteroatoms. The van der Waals surface area contributed by atoms with Crippen LogP contribution in [0.1, 0.15) is 12.5 Å². The molecule has 0 heterocycles. The molecule has 0 aliphatic heterocycles. The first-order chi connectivity index (χ1) is 12.3. The number of sulfonamides is 1. The van der Waals surface area contributed by atoms with Crippen LogP contribution < -0.4 is 9.62 Å². The topological polar surface area (TPSA) is 66.5 Å². The first-order valence-corrected chi connectivity index (χ1v) is 11.1. The number of anilines is 1. The number of nitrogens with zero attached hydrogens (tertiary/aromatic N) is 1. The number of hydrogen-bond donors (Lipinski definition) is 1. The van der Waals surface area contributed by atoms with E-state index in [4.69, 9.17) is 0 Å². The van der Waals surface area contributed by atoms with Crippen molar-refractivity contribution in [3.05, 3.63) is 60.2 Å². The highest BCUT2D eigenvalue weighted by Crippen LogP contribution is 2.21. The monoisotopic (exact) mass is 392 g/mol. The third-order valence-corrected chi connectivity index (χ3v) is 6.05. The van der Waals surface area contributed by atoms with Crippen molar-refractivity contribution in [1.29, 1.82) is 0 Å². The molecule has 0 aliphatic rings. The average Bonchev–Trinajstić information content (AvgIpc) is 2.60. The van der Waals surface area contributed by atoms with Gasteiger partial charge in [-0.25, -0.2) is 8.42 Å². The minimum absolute atomic E-state index is 0.315. The second-order valence-corrected chi connectivity index (χ2v) is 9.05. The van der Waals surface area contributed by atoms with E-state index in [2.05, 4.69) is 5.32 Å². The molecule has 0 aliphatic carbocycles. The molecular weight excluding hydrogens is 368 g/mol. The summed E-state index contributed by atoms with van der Waals surface area (Å²) in [7, 11) is -3.58. The summed E-state index contributed by atoms with van der Waals surface area (Å²) in [6.07, 6.45) is 1.11. The lowest BCUT2D eigenvalue weighted by Crippen LogP contribution is -2.48. The Balaban J connectivity index is 1.98. The lowest BCUT2D eigenvalue weighted by molar-refractivity contribution is -0.121. The molecular formula is C19H24N2O3S2.